The fourth-order valence-electron chi connectivity index (χ4n) is 2.05. The zero-order valence-electron chi connectivity index (χ0n) is 11.9. The van der Waals surface area contributed by atoms with Crippen molar-refractivity contribution in [1.82, 2.24) is 0 Å². The third-order valence-electron chi connectivity index (χ3n) is 3.38. The van der Waals surface area contributed by atoms with Gasteiger partial charge in [0.25, 0.3) is 0 Å². The van der Waals surface area contributed by atoms with Gasteiger partial charge in [-0.25, -0.2) is 0 Å². The topological polar surface area (TPSA) is 35.5 Å². The molecule has 0 bridgehead atoms. The Morgan fingerprint density at radius 1 is 0.850 bits per heavy atom. The van der Waals surface area contributed by atoms with E-state index in [1.165, 1.54) is 0 Å². The number of ketones is 1. The zero-order valence-corrected chi connectivity index (χ0v) is 11.9. The molecule has 0 aliphatic heterocycles. The first-order valence-corrected chi connectivity index (χ1v) is 6.48. The van der Waals surface area contributed by atoms with E-state index >= 15 is 0 Å². The number of Topliss-reactive ketones (excluding diaryl/α,β-unsaturated/α-hetero) is 1. The molecule has 104 valence electrons. The molecule has 0 unspecified atom stereocenters. The molecule has 2 rings (SSSR count). The van der Waals surface area contributed by atoms with Crippen molar-refractivity contribution in [1.29, 1.82) is 0 Å². The van der Waals surface area contributed by atoms with E-state index in [1.807, 2.05) is 31.2 Å². The van der Waals surface area contributed by atoms with Crippen LogP contribution in [0.3, 0.4) is 0 Å². The molecular weight excluding hydrogens is 252 g/mol. The van der Waals surface area contributed by atoms with Crippen molar-refractivity contribution in [2.75, 3.05) is 14.2 Å². The molecule has 0 saturated heterocycles. The molecule has 2 aromatic carbocycles. The van der Waals surface area contributed by atoms with Gasteiger partial charge in [-0.2, -0.15) is 0 Å². The molecule has 0 aliphatic rings. The minimum Gasteiger partial charge on any atom is -0.497 e. The van der Waals surface area contributed by atoms with Gasteiger partial charge >= 0.3 is 0 Å². The van der Waals surface area contributed by atoms with Gasteiger partial charge in [0.15, 0.2) is 5.78 Å². The van der Waals surface area contributed by atoms with Crippen molar-refractivity contribution in [3.05, 3.63) is 59.7 Å². The summed E-state index contributed by atoms with van der Waals surface area (Å²) >= 11 is 0. The summed E-state index contributed by atoms with van der Waals surface area (Å²) in [5.41, 5.74) is 1.67. The molecule has 20 heavy (non-hydrogen) atoms. The van der Waals surface area contributed by atoms with E-state index in [4.69, 9.17) is 9.47 Å². The van der Waals surface area contributed by atoms with E-state index in [1.54, 1.807) is 38.5 Å². The number of rotatable bonds is 5. The molecule has 0 heterocycles. The van der Waals surface area contributed by atoms with E-state index in [0.29, 0.717) is 5.56 Å². The highest BCUT2D eigenvalue weighted by atomic mass is 16.5. The van der Waals surface area contributed by atoms with Gasteiger partial charge < -0.3 is 9.47 Å². The maximum atomic E-state index is 12.4. The minimum absolute atomic E-state index is 0.0952. The third kappa shape index (κ3) is 2.99. The normalized spacial score (nSPS) is 11.8. The molecule has 0 saturated carbocycles. The van der Waals surface area contributed by atoms with Crippen molar-refractivity contribution >= 4 is 5.78 Å². The zero-order chi connectivity index (χ0) is 14.5. The standard InChI is InChI=1S/C17H18O3/c1-12(13-4-8-15(19-2)9-5-13)17(18)14-6-10-16(20-3)11-7-14/h4-12H,1-3H3/t12-/m1/s1. The summed E-state index contributed by atoms with van der Waals surface area (Å²) in [6, 6.07) is 14.8. The molecule has 2 aromatic rings. The van der Waals surface area contributed by atoms with Crippen LogP contribution in [0.2, 0.25) is 0 Å². The lowest BCUT2D eigenvalue weighted by Crippen LogP contribution is -2.09. The van der Waals surface area contributed by atoms with Gasteiger partial charge in [0, 0.05) is 11.5 Å². The summed E-state index contributed by atoms with van der Waals surface area (Å²) in [7, 11) is 3.23. The average Bonchev–Trinajstić information content (AvgIpc) is 2.53. The number of carbonyl (C=O) groups is 1. The predicted molar refractivity (Wildman–Crippen MR) is 78.7 cm³/mol. The summed E-state index contributed by atoms with van der Waals surface area (Å²) in [4.78, 5) is 12.4. The molecule has 0 aliphatic carbocycles. The van der Waals surface area contributed by atoms with Crippen LogP contribution in [0, 0.1) is 0 Å². The van der Waals surface area contributed by atoms with Crippen LogP contribution in [0.4, 0.5) is 0 Å². The Hall–Kier alpha value is -2.29. The van der Waals surface area contributed by atoms with Crippen molar-refractivity contribution in [2.45, 2.75) is 12.8 Å². The summed E-state index contributed by atoms with van der Waals surface area (Å²) in [6.07, 6.45) is 0. The molecule has 3 nitrogen and oxygen atoms in total. The van der Waals surface area contributed by atoms with E-state index in [-0.39, 0.29) is 11.7 Å². The Kier molecular flexibility index (Phi) is 4.41. The van der Waals surface area contributed by atoms with Gasteiger partial charge in [-0.1, -0.05) is 19.1 Å². The smallest absolute Gasteiger partial charge is 0.170 e. The van der Waals surface area contributed by atoms with Gasteiger partial charge in [-0.05, 0) is 42.0 Å². The molecular formula is C17H18O3. The molecule has 0 amide bonds. The van der Waals surface area contributed by atoms with Crippen LogP contribution in [0.1, 0.15) is 28.8 Å². The highest BCUT2D eigenvalue weighted by Gasteiger charge is 2.17. The van der Waals surface area contributed by atoms with Crippen LogP contribution < -0.4 is 9.47 Å². The molecule has 0 aromatic heterocycles. The van der Waals surface area contributed by atoms with Gasteiger partial charge in [0.05, 0.1) is 14.2 Å². The van der Waals surface area contributed by atoms with Crippen LogP contribution in [0.5, 0.6) is 11.5 Å². The number of ether oxygens (including phenoxy) is 2. The highest BCUT2D eigenvalue weighted by molar-refractivity contribution is 6.00. The van der Waals surface area contributed by atoms with E-state index < -0.39 is 0 Å². The third-order valence-corrected chi connectivity index (χ3v) is 3.38. The Balaban J connectivity index is 2.17. The van der Waals surface area contributed by atoms with Crippen molar-refractivity contribution < 1.29 is 14.3 Å². The Bertz CT molecular complexity index is 570. The lowest BCUT2D eigenvalue weighted by Gasteiger charge is -2.12. The second kappa shape index (κ2) is 6.24. The summed E-state index contributed by atoms with van der Waals surface area (Å²) in [5, 5.41) is 0. The SMILES string of the molecule is COc1ccc(C(=O)[C@H](C)c2ccc(OC)cc2)cc1. The first-order chi connectivity index (χ1) is 9.65. The molecule has 0 spiro atoms. The van der Waals surface area contributed by atoms with Crippen molar-refractivity contribution in [2.24, 2.45) is 0 Å². The van der Waals surface area contributed by atoms with Crippen LogP contribution in [-0.2, 0) is 0 Å². The van der Waals surface area contributed by atoms with Crippen LogP contribution >= 0.6 is 0 Å². The first kappa shape index (κ1) is 14.1. The average molecular weight is 270 g/mol. The molecule has 3 heteroatoms. The van der Waals surface area contributed by atoms with Crippen LogP contribution in [0.15, 0.2) is 48.5 Å². The fourth-order valence-corrected chi connectivity index (χ4v) is 2.05. The van der Waals surface area contributed by atoms with E-state index in [9.17, 15) is 4.79 Å². The van der Waals surface area contributed by atoms with Gasteiger partial charge in [0.2, 0.25) is 0 Å². The van der Waals surface area contributed by atoms with Crippen molar-refractivity contribution in [3.8, 4) is 11.5 Å². The molecule has 0 radical (unpaired) electrons. The monoisotopic (exact) mass is 270 g/mol. The van der Waals surface area contributed by atoms with Crippen LogP contribution in [-0.4, -0.2) is 20.0 Å². The summed E-state index contributed by atoms with van der Waals surface area (Å²) in [6.45, 7) is 1.91. The quantitative estimate of drug-likeness (QED) is 0.777. The predicted octanol–water partition coefficient (Wildman–Crippen LogP) is 3.69. The Morgan fingerprint density at radius 3 is 1.75 bits per heavy atom. The molecule has 0 fully saturated rings. The second-order valence-corrected chi connectivity index (χ2v) is 4.59. The van der Waals surface area contributed by atoms with Gasteiger partial charge in [-0.3, -0.25) is 4.79 Å². The highest BCUT2D eigenvalue weighted by Crippen LogP contribution is 2.23. The Morgan fingerprint density at radius 2 is 1.30 bits per heavy atom. The first-order valence-electron chi connectivity index (χ1n) is 6.48. The largest absolute Gasteiger partial charge is 0.497 e. The van der Waals surface area contributed by atoms with E-state index in [0.717, 1.165) is 17.1 Å². The molecule has 0 N–H and O–H groups in total. The number of methoxy groups -OCH3 is 2. The van der Waals surface area contributed by atoms with E-state index in [2.05, 4.69) is 0 Å². The van der Waals surface area contributed by atoms with Crippen LogP contribution in [0.25, 0.3) is 0 Å². The summed E-state index contributed by atoms with van der Waals surface area (Å²) in [5.74, 6) is 1.45. The number of hydrogen-bond donors (Lipinski definition) is 0. The van der Waals surface area contributed by atoms with Gasteiger partial charge in [-0.15, -0.1) is 0 Å². The number of carbonyl (C=O) groups excluding carboxylic acids is 1. The lowest BCUT2D eigenvalue weighted by molar-refractivity contribution is 0.0966. The lowest BCUT2D eigenvalue weighted by atomic mass is 9.92. The second-order valence-electron chi connectivity index (χ2n) is 4.59. The summed E-state index contributed by atoms with van der Waals surface area (Å²) < 4.78 is 10.2. The maximum Gasteiger partial charge on any atom is 0.170 e. The fraction of sp³-hybridized carbons (Fsp3) is 0.235. The maximum absolute atomic E-state index is 12.4. The number of benzene rings is 2. The number of hydrogen-bond acceptors (Lipinski definition) is 3. The van der Waals surface area contributed by atoms with Gasteiger partial charge in [0.1, 0.15) is 11.5 Å². The molecule has 1 atom stereocenters. The Labute approximate surface area is 119 Å². The minimum atomic E-state index is -0.186. The van der Waals surface area contributed by atoms with Crippen molar-refractivity contribution in [3.63, 3.8) is 0 Å².